The minimum Gasteiger partial charge on any atom is -0.329 e. The van der Waals surface area contributed by atoms with Crippen LogP contribution >= 0.6 is 15.9 Å². The van der Waals surface area contributed by atoms with Gasteiger partial charge in [-0.2, -0.15) is 10.5 Å². The van der Waals surface area contributed by atoms with Gasteiger partial charge in [0.1, 0.15) is 18.0 Å². The molecule has 16 heavy (non-hydrogen) atoms. The van der Waals surface area contributed by atoms with Crippen LogP contribution in [0.15, 0.2) is 28.7 Å². The van der Waals surface area contributed by atoms with Crippen LogP contribution in [0, 0.1) is 22.7 Å². The average molecular weight is 273 g/mol. The van der Waals surface area contributed by atoms with Crippen LogP contribution in [-0.2, 0) is 0 Å². The molecule has 2 rings (SSSR count). The Kier molecular flexibility index (Phi) is 2.72. The highest BCUT2D eigenvalue weighted by Gasteiger charge is 2.10. The molecule has 0 amide bonds. The van der Waals surface area contributed by atoms with E-state index < -0.39 is 0 Å². The molecule has 1 heterocycles. The van der Waals surface area contributed by atoms with Gasteiger partial charge < -0.3 is 4.98 Å². The molecular formula is C11H5BrN4. The minimum atomic E-state index is 0.125. The van der Waals surface area contributed by atoms with E-state index in [4.69, 9.17) is 10.5 Å². The number of aromatic nitrogens is 2. The van der Waals surface area contributed by atoms with Gasteiger partial charge in [0.05, 0.1) is 0 Å². The van der Waals surface area contributed by atoms with Gasteiger partial charge >= 0.3 is 0 Å². The number of nitriles is 2. The molecule has 0 saturated carbocycles. The largest absolute Gasteiger partial charge is 0.329 e. The molecule has 0 unspecified atom stereocenters. The van der Waals surface area contributed by atoms with Crippen molar-refractivity contribution in [2.45, 2.75) is 0 Å². The Morgan fingerprint density at radius 3 is 2.31 bits per heavy atom. The summed E-state index contributed by atoms with van der Waals surface area (Å²) in [6.07, 6.45) is 0. The maximum atomic E-state index is 8.77. The van der Waals surface area contributed by atoms with E-state index >= 15 is 0 Å². The van der Waals surface area contributed by atoms with E-state index in [1.165, 1.54) is 0 Å². The lowest BCUT2D eigenvalue weighted by Crippen LogP contribution is -1.80. The maximum absolute atomic E-state index is 8.77. The van der Waals surface area contributed by atoms with Gasteiger partial charge in [-0.1, -0.05) is 28.1 Å². The summed E-state index contributed by atoms with van der Waals surface area (Å²) in [4.78, 5) is 6.85. The number of aromatic amines is 1. The van der Waals surface area contributed by atoms with Crippen LogP contribution in [0.4, 0.5) is 0 Å². The SMILES string of the molecule is N#Cc1nc(-c2ccc(Br)cc2)[nH]c1C#N. The number of imidazole rings is 1. The minimum absolute atomic E-state index is 0.125. The molecule has 76 valence electrons. The zero-order valence-corrected chi connectivity index (χ0v) is 9.62. The second-order valence-corrected chi connectivity index (χ2v) is 3.96. The fourth-order valence-corrected chi connectivity index (χ4v) is 1.54. The van der Waals surface area contributed by atoms with Crippen molar-refractivity contribution in [1.29, 1.82) is 10.5 Å². The lowest BCUT2D eigenvalue weighted by atomic mass is 10.2. The molecule has 0 aliphatic carbocycles. The Hall–Kier alpha value is -2.11. The van der Waals surface area contributed by atoms with Crippen LogP contribution in [0.3, 0.4) is 0 Å². The molecule has 0 fully saturated rings. The number of nitrogens with one attached hydrogen (secondary N) is 1. The molecule has 0 aliphatic heterocycles. The molecule has 0 saturated heterocycles. The Labute approximate surface area is 100 Å². The van der Waals surface area contributed by atoms with Crippen molar-refractivity contribution < 1.29 is 0 Å². The van der Waals surface area contributed by atoms with Gasteiger partial charge in [0.15, 0.2) is 11.4 Å². The highest BCUT2D eigenvalue weighted by Crippen LogP contribution is 2.20. The zero-order valence-electron chi connectivity index (χ0n) is 8.03. The second-order valence-electron chi connectivity index (χ2n) is 3.04. The Bertz CT molecular complexity index is 567. The first-order chi connectivity index (χ1) is 7.74. The molecule has 2 aromatic rings. The lowest BCUT2D eigenvalue weighted by Gasteiger charge is -1.95. The quantitative estimate of drug-likeness (QED) is 0.867. The van der Waals surface area contributed by atoms with Crippen LogP contribution in [0.1, 0.15) is 11.4 Å². The van der Waals surface area contributed by atoms with E-state index in [0.29, 0.717) is 5.82 Å². The van der Waals surface area contributed by atoms with E-state index in [2.05, 4.69) is 25.9 Å². The summed E-state index contributed by atoms with van der Waals surface area (Å²) in [5.41, 5.74) is 1.15. The van der Waals surface area contributed by atoms with Crippen molar-refractivity contribution in [2.24, 2.45) is 0 Å². The third-order valence-corrected chi connectivity index (χ3v) is 2.57. The smallest absolute Gasteiger partial charge is 0.177 e. The first-order valence-electron chi connectivity index (χ1n) is 4.40. The van der Waals surface area contributed by atoms with E-state index in [1.807, 2.05) is 36.4 Å². The number of H-pyrrole nitrogens is 1. The monoisotopic (exact) mass is 272 g/mol. The fourth-order valence-electron chi connectivity index (χ4n) is 1.28. The summed E-state index contributed by atoms with van der Waals surface area (Å²) < 4.78 is 0.962. The van der Waals surface area contributed by atoms with Crippen molar-refractivity contribution in [3.63, 3.8) is 0 Å². The third-order valence-electron chi connectivity index (χ3n) is 2.04. The van der Waals surface area contributed by atoms with Crippen molar-refractivity contribution in [2.75, 3.05) is 0 Å². The molecule has 1 aromatic carbocycles. The number of benzene rings is 1. The molecule has 1 aromatic heterocycles. The van der Waals surface area contributed by atoms with Crippen molar-refractivity contribution in [1.82, 2.24) is 9.97 Å². The summed E-state index contributed by atoms with van der Waals surface area (Å²) in [6, 6.07) is 11.2. The van der Waals surface area contributed by atoms with Crippen molar-refractivity contribution in [3.8, 4) is 23.5 Å². The molecule has 0 radical (unpaired) electrons. The van der Waals surface area contributed by atoms with Crippen LogP contribution in [-0.4, -0.2) is 9.97 Å². The Balaban J connectivity index is 2.50. The fraction of sp³-hybridized carbons (Fsp3) is 0. The first-order valence-corrected chi connectivity index (χ1v) is 5.20. The van der Waals surface area contributed by atoms with Gasteiger partial charge in [-0.3, -0.25) is 0 Å². The lowest BCUT2D eigenvalue weighted by molar-refractivity contribution is 1.29. The van der Waals surface area contributed by atoms with Gasteiger partial charge in [0, 0.05) is 10.0 Å². The summed E-state index contributed by atoms with van der Waals surface area (Å²) in [5, 5.41) is 17.5. The number of halogens is 1. The topological polar surface area (TPSA) is 76.3 Å². The van der Waals surface area contributed by atoms with E-state index in [1.54, 1.807) is 0 Å². The maximum Gasteiger partial charge on any atom is 0.177 e. The molecule has 0 spiro atoms. The van der Waals surface area contributed by atoms with E-state index in [-0.39, 0.29) is 11.4 Å². The first kappa shape index (κ1) is 10.4. The van der Waals surface area contributed by atoms with Gasteiger partial charge in [-0.05, 0) is 12.1 Å². The molecule has 0 atom stereocenters. The summed E-state index contributed by atoms with van der Waals surface area (Å²) >= 11 is 3.33. The molecule has 5 heteroatoms. The van der Waals surface area contributed by atoms with E-state index in [0.717, 1.165) is 10.0 Å². The van der Waals surface area contributed by atoms with Crippen LogP contribution in [0.5, 0.6) is 0 Å². The standard InChI is InChI=1S/C11H5BrN4/c12-8-3-1-7(2-4-8)11-15-9(5-13)10(6-14)16-11/h1-4H,(H,15,16). The summed E-state index contributed by atoms with van der Waals surface area (Å²) in [7, 11) is 0. The normalized spacial score (nSPS) is 9.44. The second kappa shape index (κ2) is 4.18. The van der Waals surface area contributed by atoms with Crippen molar-refractivity contribution >= 4 is 15.9 Å². The molecule has 0 bridgehead atoms. The van der Waals surface area contributed by atoms with Crippen molar-refractivity contribution in [3.05, 3.63) is 40.1 Å². The Morgan fingerprint density at radius 2 is 1.81 bits per heavy atom. The molecule has 1 N–H and O–H groups in total. The van der Waals surface area contributed by atoms with Gasteiger partial charge in [0.2, 0.25) is 0 Å². The third kappa shape index (κ3) is 1.81. The van der Waals surface area contributed by atoms with Crippen LogP contribution in [0.2, 0.25) is 0 Å². The summed E-state index contributed by atoms with van der Waals surface area (Å²) in [5.74, 6) is 0.528. The zero-order chi connectivity index (χ0) is 11.5. The molecular weight excluding hydrogens is 268 g/mol. The highest BCUT2D eigenvalue weighted by molar-refractivity contribution is 9.10. The predicted octanol–water partition coefficient (Wildman–Crippen LogP) is 2.58. The number of nitrogens with zero attached hydrogens (tertiary/aromatic N) is 3. The molecule has 4 nitrogen and oxygen atoms in total. The Morgan fingerprint density at radius 1 is 1.12 bits per heavy atom. The highest BCUT2D eigenvalue weighted by atomic mass is 79.9. The number of hydrogen-bond donors (Lipinski definition) is 1. The van der Waals surface area contributed by atoms with Gasteiger partial charge in [-0.15, -0.1) is 0 Å². The predicted molar refractivity (Wildman–Crippen MR) is 61.2 cm³/mol. The average Bonchev–Trinajstić information content (AvgIpc) is 2.73. The van der Waals surface area contributed by atoms with Gasteiger partial charge in [-0.25, -0.2) is 4.98 Å². The number of hydrogen-bond acceptors (Lipinski definition) is 3. The summed E-state index contributed by atoms with van der Waals surface area (Å²) in [6.45, 7) is 0. The van der Waals surface area contributed by atoms with E-state index in [9.17, 15) is 0 Å². The van der Waals surface area contributed by atoms with Crippen LogP contribution < -0.4 is 0 Å². The van der Waals surface area contributed by atoms with Crippen LogP contribution in [0.25, 0.3) is 11.4 Å². The molecule has 0 aliphatic rings. The van der Waals surface area contributed by atoms with Gasteiger partial charge in [0.25, 0.3) is 0 Å². The number of rotatable bonds is 1.